The number of nitrogens with one attached hydrogen (secondary N) is 1. The van der Waals surface area contributed by atoms with Crippen molar-refractivity contribution in [3.05, 3.63) is 93.1 Å². The van der Waals surface area contributed by atoms with E-state index in [0.717, 1.165) is 27.8 Å². The molecule has 1 amide bonds. The number of aromatic nitrogens is 2. The molecular formula is C29H28ClN3O4. The zero-order valence-corrected chi connectivity index (χ0v) is 21.9. The molecule has 4 aromatic rings. The molecule has 0 aliphatic carbocycles. The molecule has 7 nitrogen and oxygen atoms in total. The molecule has 1 aliphatic heterocycles. The van der Waals surface area contributed by atoms with Crippen LogP contribution in [0.3, 0.4) is 0 Å². The number of methoxy groups -OCH3 is 2. The SMILES string of the molecule is COc1ccc(CCN2C(=O)c3[nH]nc(-c4cc(C)cc(C)c4O)c3C2c2cccc(Cl)c2)cc1OC. The first-order chi connectivity index (χ1) is 17.8. The number of hydrogen-bond acceptors (Lipinski definition) is 5. The maximum absolute atomic E-state index is 13.7. The molecule has 37 heavy (non-hydrogen) atoms. The van der Waals surface area contributed by atoms with Crippen LogP contribution in [0.1, 0.15) is 44.3 Å². The Hall–Kier alpha value is -3.97. The van der Waals surface area contributed by atoms with Gasteiger partial charge in [-0.3, -0.25) is 9.89 Å². The van der Waals surface area contributed by atoms with Gasteiger partial charge < -0.3 is 19.5 Å². The normalized spacial score (nSPS) is 14.7. The van der Waals surface area contributed by atoms with Crippen molar-refractivity contribution < 1.29 is 19.4 Å². The van der Waals surface area contributed by atoms with Gasteiger partial charge in [0, 0.05) is 22.7 Å². The molecule has 3 aromatic carbocycles. The Morgan fingerprint density at radius 1 is 1.05 bits per heavy atom. The average molecular weight is 518 g/mol. The molecule has 1 atom stereocenters. The maximum Gasteiger partial charge on any atom is 0.273 e. The number of nitrogens with zero attached hydrogens (tertiary/aromatic N) is 2. The van der Waals surface area contributed by atoms with Crippen LogP contribution in [-0.4, -0.2) is 46.9 Å². The molecule has 8 heteroatoms. The minimum atomic E-state index is -0.421. The molecule has 2 heterocycles. The van der Waals surface area contributed by atoms with Gasteiger partial charge in [-0.25, -0.2) is 0 Å². The Morgan fingerprint density at radius 3 is 2.57 bits per heavy atom. The molecule has 0 saturated heterocycles. The highest BCUT2D eigenvalue weighted by Gasteiger charge is 2.42. The fourth-order valence-electron chi connectivity index (χ4n) is 5.08. The lowest BCUT2D eigenvalue weighted by Crippen LogP contribution is -2.31. The third-order valence-corrected chi connectivity index (χ3v) is 7.05. The van der Waals surface area contributed by atoms with Gasteiger partial charge in [0.05, 0.1) is 20.3 Å². The molecule has 0 fully saturated rings. The minimum Gasteiger partial charge on any atom is -0.507 e. The number of phenolic OH excluding ortho intramolecular Hbond substituents is 1. The van der Waals surface area contributed by atoms with Crippen LogP contribution in [0.5, 0.6) is 17.2 Å². The zero-order valence-electron chi connectivity index (χ0n) is 21.1. The molecular weight excluding hydrogens is 490 g/mol. The lowest BCUT2D eigenvalue weighted by atomic mass is 9.94. The minimum absolute atomic E-state index is 0.150. The van der Waals surface area contributed by atoms with Crippen LogP contribution in [0.25, 0.3) is 11.3 Å². The second-order valence-corrected chi connectivity index (χ2v) is 9.67. The third-order valence-electron chi connectivity index (χ3n) is 6.82. The van der Waals surface area contributed by atoms with Crippen molar-refractivity contribution in [1.82, 2.24) is 15.1 Å². The van der Waals surface area contributed by atoms with E-state index in [1.165, 1.54) is 0 Å². The van der Waals surface area contributed by atoms with Gasteiger partial charge in [0.25, 0.3) is 5.91 Å². The van der Waals surface area contributed by atoms with Crippen molar-refractivity contribution in [3.63, 3.8) is 0 Å². The highest BCUT2D eigenvalue weighted by atomic mass is 35.5. The summed E-state index contributed by atoms with van der Waals surface area (Å²) in [6, 6.07) is 16.7. The topological polar surface area (TPSA) is 87.7 Å². The summed E-state index contributed by atoms with van der Waals surface area (Å²) in [4.78, 5) is 15.5. The first-order valence-corrected chi connectivity index (χ1v) is 12.4. The number of ether oxygens (including phenoxy) is 2. The van der Waals surface area contributed by atoms with E-state index in [4.69, 9.17) is 21.1 Å². The van der Waals surface area contributed by atoms with Gasteiger partial charge in [-0.1, -0.05) is 35.9 Å². The molecule has 1 unspecified atom stereocenters. The van der Waals surface area contributed by atoms with Crippen molar-refractivity contribution in [2.75, 3.05) is 20.8 Å². The summed E-state index contributed by atoms with van der Waals surface area (Å²) in [5.74, 6) is 1.30. The molecule has 0 radical (unpaired) electrons. The largest absolute Gasteiger partial charge is 0.507 e. The Balaban J connectivity index is 1.57. The van der Waals surface area contributed by atoms with Crippen molar-refractivity contribution >= 4 is 17.5 Å². The monoisotopic (exact) mass is 517 g/mol. The van der Waals surface area contributed by atoms with E-state index in [0.29, 0.717) is 46.4 Å². The number of phenols is 1. The van der Waals surface area contributed by atoms with Gasteiger partial charge in [-0.2, -0.15) is 5.10 Å². The molecule has 5 rings (SSSR count). The Labute approximate surface area is 220 Å². The van der Waals surface area contributed by atoms with Crippen LogP contribution in [-0.2, 0) is 6.42 Å². The van der Waals surface area contributed by atoms with Gasteiger partial charge in [0.2, 0.25) is 0 Å². The molecule has 0 bridgehead atoms. The number of carbonyl (C=O) groups excluding carboxylic acids is 1. The smallest absolute Gasteiger partial charge is 0.273 e. The third kappa shape index (κ3) is 4.40. The lowest BCUT2D eigenvalue weighted by Gasteiger charge is -2.27. The van der Waals surface area contributed by atoms with Gasteiger partial charge >= 0.3 is 0 Å². The fraction of sp³-hybridized carbons (Fsp3) is 0.241. The van der Waals surface area contributed by atoms with Gasteiger partial charge in [-0.15, -0.1) is 0 Å². The maximum atomic E-state index is 13.7. The molecule has 0 spiro atoms. The molecule has 1 aliphatic rings. The Kier molecular flexibility index (Phi) is 6.56. The molecule has 1 aromatic heterocycles. The number of H-pyrrole nitrogens is 1. The van der Waals surface area contributed by atoms with Crippen molar-refractivity contribution in [2.45, 2.75) is 26.3 Å². The second kappa shape index (κ2) is 9.82. The zero-order chi connectivity index (χ0) is 26.3. The molecule has 2 N–H and O–H groups in total. The lowest BCUT2D eigenvalue weighted by molar-refractivity contribution is 0.0746. The molecule has 0 saturated carbocycles. The number of fused-ring (bicyclic) bond motifs is 1. The van der Waals surface area contributed by atoms with E-state index in [9.17, 15) is 9.90 Å². The number of benzene rings is 3. The molecule has 190 valence electrons. The average Bonchev–Trinajstić information content (AvgIpc) is 3.43. The van der Waals surface area contributed by atoms with Crippen LogP contribution >= 0.6 is 11.6 Å². The van der Waals surface area contributed by atoms with Gasteiger partial charge in [0.1, 0.15) is 17.1 Å². The van der Waals surface area contributed by atoms with Crippen LogP contribution < -0.4 is 9.47 Å². The number of rotatable bonds is 7. The van der Waals surface area contributed by atoms with Crippen molar-refractivity contribution in [1.29, 1.82) is 0 Å². The highest BCUT2D eigenvalue weighted by molar-refractivity contribution is 6.30. The number of carbonyl (C=O) groups is 1. The van der Waals surface area contributed by atoms with E-state index < -0.39 is 6.04 Å². The van der Waals surface area contributed by atoms with E-state index in [-0.39, 0.29) is 11.7 Å². The van der Waals surface area contributed by atoms with Crippen LogP contribution in [0.2, 0.25) is 5.02 Å². The standard InChI is InChI=1S/C29H28ClN3O4/c1-16-12-17(2)28(34)21(13-16)25-24-26(32-31-25)29(35)33(27(24)19-6-5-7-20(30)15-19)11-10-18-8-9-22(36-3)23(14-18)37-4/h5-9,12-15,27,34H,10-11H2,1-4H3,(H,31,32). The van der Waals surface area contributed by atoms with Crippen LogP contribution in [0.4, 0.5) is 0 Å². The predicted octanol–water partition coefficient (Wildman–Crippen LogP) is 5.86. The quantitative estimate of drug-likeness (QED) is 0.321. The van der Waals surface area contributed by atoms with E-state index in [1.54, 1.807) is 14.2 Å². The first-order valence-electron chi connectivity index (χ1n) is 12.0. The van der Waals surface area contributed by atoms with E-state index in [1.807, 2.05) is 73.3 Å². The summed E-state index contributed by atoms with van der Waals surface area (Å²) in [5.41, 5.74) is 5.94. The Bertz CT molecular complexity index is 1500. The van der Waals surface area contributed by atoms with E-state index >= 15 is 0 Å². The number of aryl methyl sites for hydroxylation is 2. The summed E-state index contributed by atoms with van der Waals surface area (Å²) < 4.78 is 10.8. The summed E-state index contributed by atoms with van der Waals surface area (Å²) in [6.07, 6.45) is 0.602. The summed E-state index contributed by atoms with van der Waals surface area (Å²) in [5, 5.41) is 18.9. The number of amides is 1. The fourth-order valence-corrected chi connectivity index (χ4v) is 5.28. The predicted molar refractivity (Wildman–Crippen MR) is 143 cm³/mol. The number of hydrogen-bond donors (Lipinski definition) is 2. The van der Waals surface area contributed by atoms with Crippen LogP contribution in [0, 0.1) is 13.8 Å². The van der Waals surface area contributed by atoms with Crippen LogP contribution in [0.15, 0.2) is 54.6 Å². The summed E-state index contributed by atoms with van der Waals surface area (Å²) in [7, 11) is 3.20. The van der Waals surface area contributed by atoms with Crippen molar-refractivity contribution in [3.8, 4) is 28.5 Å². The second-order valence-electron chi connectivity index (χ2n) is 9.23. The number of aromatic amines is 1. The van der Waals surface area contributed by atoms with Crippen molar-refractivity contribution in [2.24, 2.45) is 0 Å². The highest BCUT2D eigenvalue weighted by Crippen LogP contribution is 2.45. The van der Waals surface area contributed by atoms with Gasteiger partial charge in [0.15, 0.2) is 11.5 Å². The number of halogens is 1. The first kappa shape index (κ1) is 24.7. The summed E-state index contributed by atoms with van der Waals surface area (Å²) >= 11 is 6.37. The van der Waals surface area contributed by atoms with Gasteiger partial charge in [-0.05, 0) is 72.9 Å². The van der Waals surface area contributed by atoms with E-state index in [2.05, 4.69) is 10.2 Å². The summed E-state index contributed by atoms with van der Waals surface area (Å²) in [6.45, 7) is 4.28. The number of aromatic hydroxyl groups is 1. The Morgan fingerprint density at radius 2 is 1.84 bits per heavy atom.